The molecule has 0 aliphatic carbocycles. The van der Waals surface area contributed by atoms with E-state index in [0.29, 0.717) is 0 Å². The van der Waals surface area contributed by atoms with E-state index in [-0.39, 0.29) is 11.5 Å². The lowest BCUT2D eigenvalue weighted by Gasteiger charge is -1.83. The van der Waals surface area contributed by atoms with Crippen LogP contribution < -0.4 is 0 Å². The molecule has 1 heterocycles. The Balaban J connectivity index is 0.000000671. The Morgan fingerprint density at radius 3 is 2.23 bits per heavy atom. The summed E-state index contributed by atoms with van der Waals surface area (Å²) in [6, 6.07) is 2.43. The van der Waals surface area contributed by atoms with Crippen LogP contribution in [0, 0.1) is 10.1 Å². The summed E-state index contributed by atoms with van der Waals surface area (Å²) in [6.45, 7) is 5.28. The van der Waals surface area contributed by atoms with Crippen molar-refractivity contribution in [2.24, 2.45) is 0 Å². The Hall–Kier alpha value is -1.65. The molecule has 0 saturated heterocycles. The number of hydrogen-bond donors (Lipinski definition) is 0. The normalized spacial score (nSPS) is 8.54. The van der Waals surface area contributed by atoms with Crippen LogP contribution >= 0.6 is 0 Å². The average molecular weight is 185 g/mol. The molecule has 5 nitrogen and oxygen atoms in total. The Morgan fingerprint density at radius 2 is 2.00 bits per heavy atom. The van der Waals surface area contributed by atoms with Gasteiger partial charge in [0.25, 0.3) is 0 Å². The number of furan rings is 1. The highest BCUT2D eigenvalue weighted by molar-refractivity contribution is 5.91. The molecule has 1 aromatic heterocycles. The maximum atomic E-state index is 10.6. The summed E-state index contributed by atoms with van der Waals surface area (Å²) in [5.74, 6) is -0.718. The van der Waals surface area contributed by atoms with Crippen molar-refractivity contribution in [3.63, 3.8) is 0 Å². The zero-order valence-electron chi connectivity index (χ0n) is 7.73. The summed E-state index contributed by atoms with van der Waals surface area (Å²) < 4.78 is 4.56. The molecule has 1 aromatic rings. The summed E-state index contributed by atoms with van der Waals surface area (Å²) in [4.78, 5) is 19.9. The van der Waals surface area contributed by atoms with Crippen molar-refractivity contribution in [3.05, 3.63) is 28.0 Å². The molecule has 0 saturated carbocycles. The number of ketones is 1. The van der Waals surface area contributed by atoms with Gasteiger partial charge in [0.1, 0.15) is 4.92 Å². The van der Waals surface area contributed by atoms with Gasteiger partial charge in [-0.05, 0) is 6.07 Å². The second-order valence-corrected chi connectivity index (χ2v) is 1.95. The van der Waals surface area contributed by atoms with Gasteiger partial charge in [-0.3, -0.25) is 14.9 Å². The van der Waals surface area contributed by atoms with Crippen LogP contribution in [0.5, 0.6) is 0 Å². The molecule has 1 rings (SSSR count). The third kappa shape index (κ3) is 3.06. The number of Topliss-reactive ketones (excluding diaryl/α,β-unsaturated/α-hetero) is 1. The molecule has 0 aliphatic rings. The second kappa shape index (κ2) is 5.08. The highest BCUT2D eigenvalue weighted by Gasteiger charge is 2.13. The zero-order chi connectivity index (χ0) is 10.4. The average Bonchev–Trinajstić information content (AvgIpc) is 2.56. The van der Waals surface area contributed by atoms with Crippen LogP contribution in [0.15, 0.2) is 16.5 Å². The first-order chi connectivity index (χ1) is 6.11. The lowest BCUT2D eigenvalue weighted by molar-refractivity contribution is -0.402. The summed E-state index contributed by atoms with van der Waals surface area (Å²) in [5.41, 5.74) is 0. The first-order valence-corrected chi connectivity index (χ1v) is 3.86. The molecule has 0 radical (unpaired) electrons. The van der Waals surface area contributed by atoms with E-state index in [1.165, 1.54) is 13.0 Å². The van der Waals surface area contributed by atoms with Crippen LogP contribution in [0.2, 0.25) is 0 Å². The quantitative estimate of drug-likeness (QED) is 0.403. The van der Waals surface area contributed by atoms with Crippen LogP contribution in [0.3, 0.4) is 0 Å². The van der Waals surface area contributed by atoms with Crippen LogP contribution in [0.1, 0.15) is 31.3 Å². The van der Waals surface area contributed by atoms with Crippen LogP contribution in [-0.4, -0.2) is 10.7 Å². The van der Waals surface area contributed by atoms with Crippen molar-refractivity contribution in [1.29, 1.82) is 0 Å². The predicted octanol–water partition coefficient (Wildman–Crippen LogP) is 2.42. The van der Waals surface area contributed by atoms with Gasteiger partial charge in [0.05, 0.1) is 6.07 Å². The van der Waals surface area contributed by atoms with Gasteiger partial charge in [-0.1, -0.05) is 13.8 Å². The third-order valence-electron chi connectivity index (χ3n) is 1.12. The molecular formula is C8H11NO4. The number of nitro groups is 1. The number of carbonyl (C=O) groups excluding carboxylic acids is 1. The summed E-state index contributed by atoms with van der Waals surface area (Å²) in [6.07, 6.45) is 0. The van der Waals surface area contributed by atoms with Gasteiger partial charge in [-0.25, -0.2) is 0 Å². The summed E-state index contributed by atoms with van der Waals surface area (Å²) in [7, 11) is 0. The van der Waals surface area contributed by atoms with E-state index < -0.39 is 10.8 Å². The van der Waals surface area contributed by atoms with E-state index in [0.717, 1.165) is 6.07 Å². The lowest BCUT2D eigenvalue weighted by Crippen LogP contribution is -1.87. The molecule has 0 spiro atoms. The van der Waals surface area contributed by atoms with Crippen LogP contribution in [0.4, 0.5) is 5.88 Å². The van der Waals surface area contributed by atoms with E-state index in [2.05, 4.69) is 4.42 Å². The van der Waals surface area contributed by atoms with E-state index in [9.17, 15) is 14.9 Å². The highest BCUT2D eigenvalue weighted by Crippen LogP contribution is 2.15. The highest BCUT2D eigenvalue weighted by atomic mass is 16.6. The predicted molar refractivity (Wildman–Crippen MR) is 46.7 cm³/mol. The number of rotatable bonds is 2. The SMILES string of the molecule is CC.CC(=O)c1ccc([N+](=O)[O-])o1. The largest absolute Gasteiger partial charge is 0.433 e. The fraction of sp³-hybridized carbons (Fsp3) is 0.375. The lowest BCUT2D eigenvalue weighted by atomic mass is 10.3. The molecule has 0 aliphatic heterocycles. The smallest absolute Gasteiger partial charge is 0.398 e. The first-order valence-electron chi connectivity index (χ1n) is 3.86. The van der Waals surface area contributed by atoms with E-state index in [1.54, 1.807) is 0 Å². The van der Waals surface area contributed by atoms with Crippen LogP contribution in [0.25, 0.3) is 0 Å². The third-order valence-corrected chi connectivity index (χ3v) is 1.12. The van der Waals surface area contributed by atoms with Crippen molar-refractivity contribution in [1.82, 2.24) is 0 Å². The first kappa shape index (κ1) is 11.4. The van der Waals surface area contributed by atoms with Crippen molar-refractivity contribution in [3.8, 4) is 0 Å². The van der Waals surface area contributed by atoms with E-state index in [4.69, 9.17) is 0 Å². The molecule has 13 heavy (non-hydrogen) atoms. The molecule has 0 bridgehead atoms. The summed E-state index contributed by atoms with van der Waals surface area (Å²) >= 11 is 0. The topological polar surface area (TPSA) is 73.3 Å². The number of nitrogens with zero attached hydrogens (tertiary/aromatic N) is 1. The standard InChI is InChI=1S/C6H5NO4.C2H6/c1-4(8)5-2-3-6(11-5)7(9)10;1-2/h2-3H,1H3;1-2H3. The van der Waals surface area contributed by atoms with E-state index in [1.807, 2.05) is 13.8 Å². The van der Waals surface area contributed by atoms with Gasteiger partial charge in [0, 0.05) is 6.92 Å². The van der Waals surface area contributed by atoms with Crippen molar-refractivity contribution in [2.45, 2.75) is 20.8 Å². The van der Waals surface area contributed by atoms with Crippen molar-refractivity contribution in [2.75, 3.05) is 0 Å². The molecular weight excluding hydrogens is 174 g/mol. The summed E-state index contributed by atoms with van der Waals surface area (Å²) in [5, 5.41) is 10.0. The molecule has 0 atom stereocenters. The number of hydrogen-bond acceptors (Lipinski definition) is 4. The minimum Gasteiger partial charge on any atom is -0.398 e. The monoisotopic (exact) mass is 185 g/mol. The van der Waals surface area contributed by atoms with Gasteiger partial charge >= 0.3 is 5.88 Å². The Kier molecular flexibility index (Phi) is 4.43. The van der Waals surface area contributed by atoms with Gasteiger partial charge in [0.2, 0.25) is 0 Å². The van der Waals surface area contributed by atoms with Crippen molar-refractivity contribution < 1.29 is 14.1 Å². The molecule has 72 valence electrons. The minimum atomic E-state index is -0.688. The van der Waals surface area contributed by atoms with Crippen molar-refractivity contribution >= 4 is 11.7 Å². The van der Waals surface area contributed by atoms with Gasteiger partial charge < -0.3 is 4.42 Å². The molecule has 0 aromatic carbocycles. The fourth-order valence-corrected chi connectivity index (χ4v) is 0.615. The molecule has 0 N–H and O–H groups in total. The molecule has 0 amide bonds. The maximum Gasteiger partial charge on any atom is 0.433 e. The minimum absolute atomic E-state index is 0.0108. The fourth-order valence-electron chi connectivity index (χ4n) is 0.615. The van der Waals surface area contributed by atoms with Gasteiger partial charge in [0.15, 0.2) is 11.5 Å². The Labute approximate surface area is 75.5 Å². The van der Waals surface area contributed by atoms with Gasteiger partial charge in [-0.15, -0.1) is 0 Å². The van der Waals surface area contributed by atoms with Gasteiger partial charge in [-0.2, -0.15) is 0 Å². The van der Waals surface area contributed by atoms with Crippen LogP contribution in [-0.2, 0) is 0 Å². The molecule has 0 fully saturated rings. The molecule has 0 unspecified atom stereocenters. The van der Waals surface area contributed by atoms with E-state index >= 15 is 0 Å². The Morgan fingerprint density at radius 1 is 1.46 bits per heavy atom. The maximum absolute atomic E-state index is 10.6. The Bertz CT molecular complexity index is 274. The zero-order valence-corrected chi connectivity index (χ0v) is 7.73. The number of carbonyl (C=O) groups is 1. The second-order valence-electron chi connectivity index (χ2n) is 1.95. The molecule has 5 heteroatoms.